The van der Waals surface area contributed by atoms with Crippen LogP contribution >= 0.6 is 7.14 Å². The number of hydrogen-bond acceptors (Lipinski definition) is 4. The number of rotatable bonds is 4. The molecule has 0 aliphatic rings. The van der Waals surface area contributed by atoms with Crippen molar-refractivity contribution >= 4 is 28.7 Å². The van der Waals surface area contributed by atoms with Crippen LogP contribution in [0.25, 0.3) is 0 Å². The molecule has 0 aromatic heterocycles. The van der Waals surface area contributed by atoms with Gasteiger partial charge in [-0.1, -0.05) is 72.5 Å². The number of hydrogen-bond donors (Lipinski definition) is 0. The average Bonchev–Trinajstić information content (AvgIpc) is 2.62. The summed E-state index contributed by atoms with van der Waals surface area (Å²) < 4.78 is 14.1. The number of nitrogens with zero attached hydrogens (tertiary/aromatic N) is 1. The summed E-state index contributed by atoms with van der Waals surface area (Å²) in [6.45, 7) is 1.50. The molecule has 0 bridgehead atoms. The molecular formula is C19H15LiNO4P. The minimum absolute atomic E-state index is 0. The van der Waals surface area contributed by atoms with Crippen LogP contribution in [0.3, 0.4) is 0 Å². The second-order valence-electron chi connectivity index (χ2n) is 5.64. The molecule has 26 heavy (non-hydrogen) atoms. The first-order valence-corrected chi connectivity index (χ1v) is 9.33. The summed E-state index contributed by atoms with van der Waals surface area (Å²) in [6.07, 6.45) is 0. The second-order valence-corrected chi connectivity index (χ2v) is 8.38. The predicted molar refractivity (Wildman–Crippen MR) is 96.7 cm³/mol. The van der Waals surface area contributed by atoms with Crippen LogP contribution in [0.4, 0.5) is 5.69 Å². The Morgan fingerprint density at radius 2 is 1.35 bits per heavy atom. The van der Waals surface area contributed by atoms with Gasteiger partial charge in [0.1, 0.15) is 0 Å². The van der Waals surface area contributed by atoms with Crippen molar-refractivity contribution in [1.82, 2.24) is 0 Å². The summed E-state index contributed by atoms with van der Waals surface area (Å²) in [4.78, 5) is 10.7. The fourth-order valence-corrected chi connectivity index (χ4v) is 5.52. The summed E-state index contributed by atoms with van der Waals surface area (Å²) in [5, 5.41) is 24.8. The first-order valence-electron chi connectivity index (χ1n) is 7.62. The maximum atomic E-state index is 14.1. The van der Waals surface area contributed by atoms with E-state index in [-0.39, 0.29) is 35.4 Å². The molecule has 0 spiro atoms. The minimum atomic E-state index is -3.52. The molecule has 126 valence electrons. The van der Waals surface area contributed by atoms with Crippen molar-refractivity contribution in [3.05, 3.63) is 88.5 Å². The second kappa shape index (κ2) is 7.93. The zero-order valence-corrected chi connectivity index (χ0v) is 15.4. The van der Waals surface area contributed by atoms with E-state index in [0.717, 1.165) is 0 Å². The van der Waals surface area contributed by atoms with Gasteiger partial charge in [0.15, 0.2) is 7.14 Å². The number of nitro groups is 1. The minimum Gasteiger partial charge on any atom is -0.872 e. The monoisotopic (exact) mass is 359 g/mol. The largest absolute Gasteiger partial charge is 1.00 e. The van der Waals surface area contributed by atoms with Gasteiger partial charge in [-0.2, -0.15) is 0 Å². The Kier molecular flexibility index (Phi) is 6.10. The molecule has 0 unspecified atom stereocenters. The number of benzene rings is 3. The van der Waals surface area contributed by atoms with Gasteiger partial charge < -0.3 is 9.67 Å². The van der Waals surface area contributed by atoms with Crippen LogP contribution < -0.4 is 39.9 Å². The van der Waals surface area contributed by atoms with Gasteiger partial charge in [0.05, 0.1) is 4.92 Å². The standard InChI is InChI=1S/C19H16NO4P.Li/c1-14-12-18(21)19(13-17(14)20(22)23)25(24,15-8-4-2-5-9-15)16-10-6-3-7-11-16;/h2-13,21H,1H3;/q;+1/p-1. The number of nitro benzene ring substituents is 1. The van der Waals surface area contributed by atoms with Crippen LogP contribution in [-0.2, 0) is 4.57 Å². The van der Waals surface area contributed by atoms with E-state index in [1.54, 1.807) is 60.7 Å². The molecule has 0 fully saturated rings. The Hall–Kier alpha value is -2.31. The van der Waals surface area contributed by atoms with Crippen molar-refractivity contribution < 1.29 is 33.5 Å². The van der Waals surface area contributed by atoms with Crippen molar-refractivity contribution in [3.63, 3.8) is 0 Å². The van der Waals surface area contributed by atoms with Crippen LogP contribution in [0.5, 0.6) is 5.75 Å². The Morgan fingerprint density at radius 1 is 0.885 bits per heavy atom. The van der Waals surface area contributed by atoms with Crippen LogP contribution in [0.15, 0.2) is 72.8 Å². The smallest absolute Gasteiger partial charge is 0.872 e. The van der Waals surface area contributed by atoms with Crippen molar-refractivity contribution in [2.24, 2.45) is 0 Å². The molecule has 7 heteroatoms. The summed E-state index contributed by atoms with van der Waals surface area (Å²) in [7, 11) is -3.52. The third kappa shape index (κ3) is 3.47. The van der Waals surface area contributed by atoms with Gasteiger partial charge in [-0.15, -0.1) is 0 Å². The van der Waals surface area contributed by atoms with Crippen LogP contribution in [-0.4, -0.2) is 4.92 Å². The van der Waals surface area contributed by atoms with Crippen molar-refractivity contribution in [3.8, 4) is 5.75 Å². The Morgan fingerprint density at radius 3 is 1.77 bits per heavy atom. The maximum Gasteiger partial charge on any atom is 1.00 e. The molecular weight excluding hydrogens is 344 g/mol. The van der Waals surface area contributed by atoms with E-state index >= 15 is 0 Å². The molecule has 0 saturated heterocycles. The summed E-state index contributed by atoms with van der Waals surface area (Å²) >= 11 is 0. The molecule has 0 atom stereocenters. The van der Waals surface area contributed by atoms with Crippen LogP contribution in [0.1, 0.15) is 5.56 Å². The van der Waals surface area contributed by atoms with Gasteiger partial charge in [-0.25, -0.2) is 0 Å². The van der Waals surface area contributed by atoms with Gasteiger partial charge in [0, 0.05) is 27.5 Å². The molecule has 5 nitrogen and oxygen atoms in total. The molecule has 0 radical (unpaired) electrons. The summed E-state index contributed by atoms with van der Waals surface area (Å²) in [5.41, 5.74) is 0.0492. The van der Waals surface area contributed by atoms with Crippen molar-refractivity contribution in [2.45, 2.75) is 6.92 Å². The maximum absolute atomic E-state index is 14.1. The molecule has 3 rings (SSSR count). The third-order valence-corrected chi connectivity index (χ3v) is 7.13. The van der Waals surface area contributed by atoms with E-state index in [0.29, 0.717) is 10.6 Å². The van der Waals surface area contributed by atoms with E-state index in [4.69, 9.17) is 0 Å². The summed E-state index contributed by atoms with van der Waals surface area (Å²) in [5.74, 6) is -0.459. The normalized spacial score (nSPS) is 10.8. The van der Waals surface area contributed by atoms with Crippen LogP contribution in [0, 0.1) is 17.0 Å². The Balaban J connectivity index is 0.00000243. The van der Waals surface area contributed by atoms with Crippen molar-refractivity contribution in [2.75, 3.05) is 0 Å². The zero-order chi connectivity index (χ0) is 18.0. The predicted octanol–water partition coefficient (Wildman–Crippen LogP) is -0.380. The van der Waals surface area contributed by atoms with E-state index in [1.807, 2.05) is 0 Å². The van der Waals surface area contributed by atoms with E-state index in [9.17, 15) is 19.8 Å². The Bertz CT molecular complexity index is 934. The van der Waals surface area contributed by atoms with Gasteiger partial charge in [-0.05, 0) is 6.92 Å². The molecule has 0 heterocycles. The van der Waals surface area contributed by atoms with Crippen LogP contribution in [0.2, 0.25) is 0 Å². The molecule has 0 aliphatic heterocycles. The first-order chi connectivity index (χ1) is 11.9. The fourth-order valence-electron chi connectivity index (χ4n) is 2.80. The van der Waals surface area contributed by atoms with Gasteiger partial charge in [0.25, 0.3) is 5.69 Å². The van der Waals surface area contributed by atoms with Gasteiger partial charge in [0.2, 0.25) is 0 Å². The molecule has 0 amide bonds. The molecule has 0 N–H and O–H groups in total. The molecule has 3 aromatic rings. The van der Waals surface area contributed by atoms with Gasteiger partial charge >= 0.3 is 18.9 Å². The fraction of sp³-hybridized carbons (Fsp3) is 0.0526. The average molecular weight is 359 g/mol. The third-order valence-electron chi connectivity index (χ3n) is 4.05. The van der Waals surface area contributed by atoms with Gasteiger partial charge in [-0.3, -0.25) is 10.1 Å². The van der Waals surface area contributed by atoms with E-state index in [1.165, 1.54) is 19.1 Å². The SMILES string of the molecule is Cc1cc([O-])c(P(=O)(c2ccccc2)c2ccccc2)cc1[N+](=O)[O-].[Li+]. The molecule has 0 saturated carbocycles. The first kappa shape index (κ1) is 20.0. The zero-order valence-electron chi connectivity index (χ0n) is 14.5. The summed E-state index contributed by atoms with van der Waals surface area (Å²) in [6, 6.07) is 19.6. The van der Waals surface area contributed by atoms with E-state index < -0.39 is 17.8 Å². The Labute approximate surface area is 163 Å². The molecule has 3 aromatic carbocycles. The van der Waals surface area contributed by atoms with E-state index in [2.05, 4.69) is 0 Å². The quantitative estimate of drug-likeness (QED) is 0.275. The topological polar surface area (TPSA) is 83.3 Å². The molecule has 0 aliphatic carbocycles. The number of aryl methyl sites for hydroxylation is 1. The van der Waals surface area contributed by atoms with Crippen molar-refractivity contribution in [1.29, 1.82) is 0 Å².